The molecule has 0 saturated carbocycles. The summed E-state index contributed by atoms with van der Waals surface area (Å²) >= 11 is 5.25. The summed E-state index contributed by atoms with van der Waals surface area (Å²) in [5.74, 6) is -3.89. The fraction of sp³-hybridized carbons (Fsp3) is 0.453. The zero-order valence-electron chi connectivity index (χ0n) is 46.3. The van der Waals surface area contributed by atoms with Gasteiger partial charge >= 0.3 is 17.9 Å². The number of benzene rings is 2. The van der Waals surface area contributed by atoms with Gasteiger partial charge in [-0.15, -0.1) is 34.0 Å². The summed E-state index contributed by atoms with van der Waals surface area (Å²) in [6.07, 6.45) is 25.5. The number of imidazole rings is 1. The normalized spacial score (nSPS) is 12.8. The average Bonchev–Trinajstić information content (AvgIpc) is 4.22. The van der Waals surface area contributed by atoms with Gasteiger partial charge < -0.3 is 24.4 Å². The fourth-order valence-electron chi connectivity index (χ4n) is 10.6. The minimum absolute atomic E-state index is 0.145. The van der Waals surface area contributed by atoms with Crippen molar-refractivity contribution >= 4 is 74.9 Å². The summed E-state index contributed by atoms with van der Waals surface area (Å²) in [5.41, 5.74) is 8.39. The largest absolute Gasteiger partial charge is 0.480 e. The number of nitriles is 1. The molecule has 0 saturated heterocycles. The Hall–Kier alpha value is -6.27. The molecule has 78 heavy (non-hydrogen) atoms. The van der Waals surface area contributed by atoms with Crippen LogP contribution in [-0.4, -0.2) is 50.4 Å². The lowest BCUT2D eigenvalue weighted by atomic mass is 10.0. The van der Waals surface area contributed by atoms with Gasteiger partial charge in [0.1, 0.15) is 36.6 Å². The molecule has 1 aliphatic rings. The molecule has 14 heteroatoms. The number of carboxylic acid groups (broad SMARTS) is 2. The first-order valence-electron chi connectivity index (χ1n) is 28.5. The second kappa shape index (κ2) is 29.6. The number of aromatic nitrogens is 2. The monoisotopic (exact) mass is 1110 g/mol. The van der Waals surface area contributed by atoms with E-state index >= 15 is 0 Å². The molecule has 6 aromatic rings. The minimum Gasteiger partial charge on any atom is -0.480 e. The topological polar surface area (TPSA) is 155 Å². The van der Waals surface area contributed by atoms with Gasteiger partial charge in [0.15, 0.2) is 5.57 Å². The van der Waals surface area contributed by atoms with E-state index in [1.165, 1.54) is 115 Å². The molecular weight excluding hydrogens is 1030 g/mol. The molecular formula is C64H78N4O7S3. The van der Waals surface area contributed by atoms with E-state index in [0.717, 1.165) is 121 Å². The predicted molar refractivity (Wildman–Crippen MR) is 322 cm³/mol. The smallest absolute Gasteiger partial charge is 0.353 e. The number of hydrogen-bond donors (Lipinski definition) is 2. The molecule has 2 aromatic carbocycles. The number of carboxylic acids is 2. The summed E-state index contributed by atoms with van der Waals surface area (Å²) in [7, 11) is 0. The molecule has 1 aliphatic heterocycles. The Balaban J connectivity index is 1.38. The van der Waals surface area contributed by atoms with Crippen LogP contribution in [0, 0.1) is 11.3 Å². The van der Waals surface area contributed by atoms with Crippen molar-refractivity contribution in [2.75, 3.05) is 18.1 Å². The van der Waals surface area contributed by atoms with E-state index < -0.39 is 47.6 Å². The molecule has 0 radical (unpaired) electrons. The Morgan fingerprint density at radius 1 is 0.654 bits per heavy atom. The van der Waals surface area contributed by atoms with Crippen LogP contribution in [-0.2, 0) is 64.3 Å². The van der Waals surface area contributed by atoms with E-state index in [-0.39, 0.29) is 12.0 Å². The Morgan fingerprint density at radius 2 is 1.19 bits per heavy atom. The molecule has 0 atom stereocenters. The highest BCUT2D eigenvalue weighted by molar-refractivity contribution is 7.27. The lowest BCUT2D eigenvalue weighted by Crippen LogP contribution is -2.37. The minimum atomic E-state index is -1.41. The second-order valence-corrected chi connectivity index (χ2v) is 23.7. The van der Waals surface area contributed by atoms with Crippen LogP contribution in [0.1, 0.15) is 163 Å². The highest BCUT2D eigenvalue weighted by atomic mass is 32.1. The molecule has 0 amide bonds. The van der Waals surface area contributed by atoms with Crippen molar-refractivity contribution in [2.45, 2.75) is 176 Å². The summed E-state index contributed by atoms with van der Waals surface area (Å²) in [5, 5.41) is 30.4. The maximum absolute atomic E-state index is 14.5. The van der Waals surface area contributed by atoms with Gasteiger partial charge in [-0.3, -0.25) is 19.0 Å². The summed E-state index contributed by atoms with van der Waals surface area (Å²) in [4.78, 5) is 61.9. The van der Waals surface area contributed by atoms with Crippen molar-refractivity contribution in [1.82, 2.24) is 9.13 Å². The second-order valence-electron chi connectivity index (χ2n) is 20.5. The number of rotatable bonds is 31. The molecule has 2 N–H and O–H groups in total. The van der Waals surface area contributed by atoms with E-state index in [4.69, 9.17) is 4.74 Å². The van der Waals surface area contributed by atoms with E-state index in [1.807, 2.05) is 22.7 Å². The zero-order valence-corrected chi connectivity index (χ0v) is 48.7. The van der Waals surface area contributed by atoms with E-state index in [0.29, 0.717) is 6.42 Å². The lowest BCUT2D eigenvalue weighted by Gasteiger charge is -2.27. The molecule has 414 valence electrons. The number of thiophene rings is 3. The number of para-hydroxylation sites is 1. The van der Waals surface area contributed by atoms with Crippen LogP contribution in [0.4, 0.5) is 11.4 Å². The van der Waals surface area contributed by atoms with Crippen molar-refractivity contribution in [2.24, 2.45) is 0 Å². The number of anilines is 2. The quantitative estimate of drug-likeness (QED) is 0.0246. The highest BCUT2D eigenvalue weighted by Crippen LogP contribution is 2.48. The molecule has 11 nitrogen and oxygen atoms in total. The van der Waals surface area contributed by atoms with E-state index in [1.54, 1.807) is 12.1 Å². The summed E-state index contributed by atoms with van der Waals surface area (Å²) in [6, 6.07) is 25.0. The van der Waals surface area contributed by atoms with Crippen LogP contribution < -0.4 is 21.3 Å². The number of aryl methyl sites for hydroxylation is 5. The van der Waals surface area contributed by atoms with Gasteiger partial charge in [0.2, 0.25) is 0 Å². The van der Waals surface area contributed by atoms with Crippen LogP contribution >= 0.6 is 34.0 Å². The number of fused-ring (bicyclic) bond motifs is 2. The molecule has 7 rings (SSSR count). The number of unbranched alkanes of at least 4 members (excludes halogenated alkanes) is 12. The number of carbonyl (C=O) groups excluding carboxylic acids is 1. The van der Waals surface area contributed by atoms with Crippen molar-refractivity contribution in [3.63, 3.8) is 0 Å². The first-order chi connectivity index (χ1) is 37.9. The van der Waals surface area contributed by atoms with Crippen molar-refractivity contribution < 1.29 is 29.3 Å². The maximum atomic E-state index is 14.5. The predicted octanol–water partition coefficient (Wildman–Crippen LogP) is 14.4. The third-order valence-electron chi connectivity index (χ3n) is 14.6. The van der Waals surface area contributed by atoms with Gasteiger partial charge in [-0.1, -0.05) is 142 Å². The number of esters is 1. The van der Waals surface area contributed by atoms with Gasteiger partial charge in [-0.05, 0) is 134 Å². The first-order valence-corrected chi connectivity index (χ1v) is 30.9. The van der Waals surface area contributed by atoms with Gasteiger partial charge in [0.05, 0.1) is 0 Å². The Kier molecular flexibility index (Phi) is 22.6. The fourth-order valence-corrected chi connectivity index (χ4v) is 14.5. The van der Waals surface area contributed by atoms with Gasteiger partial charge in [0, 0.05) is 47.2 Å². The van der Waals surface area contributed by atoms with E-state index in [9.17, 15) is 34.7 Å². The van der Waals surface area contributed by atoms with Crippen LogP contribution in [0.15, 0.2) is 78.1 Å². The van der Waals surface area contributed by atoms with Crippen molar-refractivity contribution in [3.8, 4) is 36.0 Å². The number of ether oxygens (including phenoxy) is 1. The SMILES string of the molecule is C=CCOC(=O)/C(C#N)=c1\n(CC(=O)O)c(=O)/c(=C\c2sc(-c3sc(-c4sc(-c5ccc6c(c5)CCc5ccccc5N6CCCCCC)cc4CCCCCC)cc3CCCCCC)cc2CCCCCC)n1CC(=O)O. The number of nitrogens with zero attached hydrogens (tertiary/aromatic N) is 4. The number of carbonyl (C=O) groups is 3. The van der Waals surface area contributed by atoms with Gasteiger partial charge in [-0.2, -0.15) is 5.26 Å². The number of aliphatic carboxylic acids is 2. The van der Waals surface area contributed by atoms with Gasteiger partial charge in [-0.25, -0.2) is 4.79 Å². The molecule has 0 aliphatic carbocycles. The Bertz CT molecular complexity index is 3270. The molecule has 4 aromatic heterocycles. The van der Waals surface area contributed by atoms with Crippen LogP contribution in [0.2, 0.25) is 0 Å². The third-order valence-corrected chi connectivity index (χ3v) is 18.5. The Labute approximate surface area is 472 Å². The summed E-state index contributed by atoms with van der Waals surface area (Å²) < 4.78 is 7.02. The number of hydrogen-bond acceptors (Lipinski definition) is 10. The first kappa shape index (κ1) is 59.4. The maximum Gasteiger partial charge on any atom is 0.353 e. The lowest BCUT2D eigenvalue weighted by molar-refractivity contribution is -0.138. The molecule has 0 unspecified atom stereocenters. The van der Waals surface area contributed by atoms with E-state index in [2.05, 4.69) is 99.8 Å². The Morgan fingerprint density at radius 3 is 1.81 bits per heavy atom. The van der Waals surface area contributed by atoms with Gasteiger partial charge in [0.25, 0.3) is 5.56 Å². The third kappa shape index (κ3) is 14.9. The van der Waals surface area contributed by atoms with Crippen LogP contribution in [0.5, 0.6) is 0 Å². The molecule has 0 spiro atoms. The average molecular weight is 1110 g/mol. The molecule has 0 bridgehead atoms. The summed E-state index contributed by atoms with van der Waals surface area (Å²) in [6.45, 7) is 11.5. The van der Waals surface area contributed by atoms with Crippen LogP contribution in [0.3, 0.4) is 0 Å². The standard InChI is InChI=1S/C64H78N4O7S3/c1-6-11-15-19-26-46-37-56(76-55(46)40-53-63(73)68(43-59(71)72)62(67(53)42-58(69)70)50(41-65)64(74)75-35-10-5)60-49(28-21-17-13-8-3)39-57(78-60)61-48(27-20-16-12-7-2)38-54(77-61)47-32-33-52-45(36-47)31-30-44-25-22-23-29-51(44)66(52)34-24-18-14-9-4/h10,22-23,25,29,32-33,36-40H,5-9,11-21,24,26-28,30-31,34-35,42-43H2,1-4H3,(H,69,70)(H,71,72)/b53-40+,62-50-. The van der Waals surface area contributed by atoms with Crippen molar-refractivity contribution in [1.29, 1.82) is 5.26 Å². The highest BCUT2D eigenvalue weighted by Gasteiger charge is 2.26. The van der Waals surface area contributed by atoms with Crippen molar-refractivity contribution in [3.05, 3.63) is 127 Å². The zero-order chi connectivity index (χ0) is 55.6. The molecule has 5 heterocycles. The molecule has 0 fully saturated rings. The van der Waals surface area contributed by atoms with Crippen LogP contribution in [0.25, 0.3) is 41.6 Å².